The van der Waals surface area contributed by atoms with Crippen molar-refractivity contribution in [1.82, 2.24) is 0 Å². The van der Waals surface area contributed by atoms with Gasteiger partial charge in [0.05, 0.1) is 32.2 Å². The van der Waals surface area contributed by atoms with Crippen molar-refractivity contribution < 1.29 is 24.9 Å². The molecule has 6 heteroatoms. The molecule has 0 aliphatic carbocycles. The summed E-state index contributed by atoms with van der Waals surface area (Å²) in [6, 6.07) is 0. The molecule has 0 heterocycles. The average molecular weight is 224 g/mol. The van der Waals surface area contributed by atoms with Gasteiger partial charge < -0.3 is 20.1 Å². The Bertz CT molecular complexity index is 161. The second-order valence-electron chi connectivity index (χ2n) is 3.10. The number of hydrogen-bond acceptors (Lipinski definition) is 6. The molecule has 0 saturated heterocycles. The molecule has 0 bridgehead atoms. The number of aliphatic hydroxyl groups is 3. The van der Waals surface area contributed by atoms with Gasteiger partial charge in [-0.25, -0.2) is 0 Å². The van der Waals surface area contributed by atoms with Crippen LogP contribution in [0.4, 0.5) is 0 Å². The molecule has 3 N–H and O–H groups in total. The van der Waals surface area contributed by atoms with E-state index in [1.165, 1.54) is 0 Å². The minimum atomic E-state index is -0.975. The smallest absolute Gasteiger partial charge is 0.315 e. The number of aliphatic hydroxyl groups excluding tert-OH is 3. The maximum absolute atomic E-state index is 10.7. The van der Waals surface area contributed by atoms with Crippen molar-refractivity contribution >= 4 is 18.6 Å². The molecule has 0 unspecified atom stereocenters. The molecule has 0 rings (SSSR count). The number of thiol groups is 1. The molecule has 0 aromatic carbocycles. The highest BCUT2D eigenvalue weighted by atomic mass is 32.1. The lowest BCUT2D eigenvalue weighted by Gasteiger charge is -2.26. The zero-order valence-electron chi connectivity index (χ0n) is 7.85. The fourth-order valence-corrected chi connectivity index (χ4v) is 0.905. The van der Waals surface area contributed by atoms with Crippen LogP contribution in [-0.2, 0) is 9.53 Å². The van der Waals surface area contributed by atoms with E-state index in [4.69, 9.17) is 20.1 Å². The lowest BCUT2D eigenvalue weighted by Crippen LogP contribution is -2.35. The molecule has 0 radical (unpaired) electrons. The summed E-state index contributed by atoms with van der Waals surface area (Å²) >= 11 is 3.71. The van der Waals surface area contributed by atoms with Crippen LogP contribution in [0.25, 0.3) is 0 Å². The quantitative estimate of drug-likeness (QED) is 0.323. The Morgan fingerprint density at radius 3 is 2.07 bits per heavy atom. The van der Waals surface area contributed by atoms with Crippen LogP contribution in [0.15, 0.2) is 0 Å². The minimum Gasteiger partial charge on any atom is -0.465 e. The van der Waals surface area contributed by atoms with Crippen LogP contribution in [0, 0.1) is 5.41 Å². The SMILES string of the molecule is O=C(CS)OCCC(CO)(CO)CO. The summed E-state index contributed by atoms with van der Waals surface area (Å²) in [5.41, 5.74) is -0.975. The number of ether oxygens (including phenoxy) is 1. The van der Waals surface area contributed by atoms with Crippen LogP contribution >= 0.6 is 12.6 Å². The molecule has 0 fully saturated rings. The Kier molecular flexibility index (Phi) is 6.90. The highest BCUT2D eigenvalue weighted by molar-refractivity contribution is 7.81. The van der Waals surface area contributed by atoms with Crippen molar-refractivity contribution in [3.8, 4) is 0 Å². The zero-order chi connectivity index (χ0) is 11.0. The molecule has 0 atom stereocenters. The van der Waals surface area contributed by atoms with Crippen LogP contribution in [0.2, 0.25) is 0 Å². The standard InChI is InChI=1S/C8H16O5S/c9-4-8(5-10,6-11)1-2-13-7(12)3-14/h9-11,14H,1-6H2. The molecular weight excluding hydrogens is 208 g/mol. The number of rotatable bonds is 7. The summed E-state index contributed by atoms with van der Waals surface area (Å²) in [5.74, 6) is -0.472. The molecule has 0 aliphatic rings. The third-order valence-corrected chi connectivity index (χ3v) is 2.29. The number of carbonyl (C=O) groups excluding carboxylic acids is 1. The third-order valence-electron chi connectivity index (χ3n) is 2.03. The lowest BCUT2D eigenvalue weighted by atomic mass is 9.88. The van der Waals surface area contributed by atoms with Gasteiger partial charge in [-0.05, 0) is 6.42 Å². The summed E-state index contributed by atoms with van der Waals surface area (Å²) < 4.78 is 4.70. The predicted octanol–water partition coefficient (Wildman–Crippen LogP) is -1.19. The third kappa shape index (κ3) is 4.28. The van der Waals surface area contributed by atoms with Gasteiger partial charge in [-0.15, -0.1) is 0 Å². The van der Waals surface area contributed by atoms with Crippen molar-refractivity contribution in [2.45, 2.75) is 6.42 Å². The second kappa shape index (κ2) is 7.05. The summed E-state index contributed by atoms with van der Waals surface area (Å²) in [6.07, 6.45) is 0.218. The van der Waals surface area contributed by atoms with E-state index in [1.807, 2.05) is 0 Å². The molecular formula is C8H16O5S. The molecule has 0 aromatic heterocycles. The predicted molar refractivity (Wildman–Crippen MR) is 53.1 cm³/mol. The highest BCUT2D eigenvalue weighted by Crippen LogP contribution is 2.19. The molecule has 0 saturated carbocycles. The van der Waals surface area contributed by atoms with Crippen LogP contribution in [-0.4, -0.2) is 53.5 Å². The fourth-order valence-electron chi connectivity index (χ4n) is 0.814. The highest BCUT2D eigenvalue weighted by Gasteiger charge is 2.28. The molecule has 0 aliphatic heterocycles. The van der Waals surface area contributed by atoms with E-state index < -0.39 is 11.4 Å². The largest absolute Gasteiger partial charge is 0.465 e. The molecule has 0 aromatic rings. The number of carbonyl (C=O) groups is 1. The van der Waals surface area contributed by atoms with E-state index in [2.05, 4.69) is 12.6 Å². The number of esters is 1. The molecule has 14 heavy (non-hydrogen) atoms. The van der Waals surface area contributed by atoms with E-state index in [9.17, 15) is 4.79 Å². The number of hydrogen-bond donors (Lipinski definition) is 4. The average Bonchev–Trinajstić information content (AvgIpc) is 2.25. The molecule has 0 amide bonds. The Morgan fingerprint density at radius 1 is 1.21 bits per heavy atom. The zero-order valence-corrected chi connectivity index (χ0v) is 8.74. The van der Waals surface area contributed by atoms with E-state index in [0.717, 1.165) is 0 Å². The Morgan fingerprint density at radius 2 is 1.71 bits per heavy atom. The molecule has 5 nitrogen and oxygen atoms in total. The van der Waals surface area contributed by atoms with Crippen LogP contribution in [0.3, 0.4) is 0 Å². The van der Waals surface area contributed by atoms with E-state index in [0.29, 0.717) is 0 Å². The van der Waals surface area contributed by atoms with Gasteiger partial charge in [0.1, 0.15) is 0 Å². The maximum atomic E-state index is 10.7. The van der Waals surface area contributed by atoms with Crippen molar-refractivity contribution in [3.05, 3.63) is 0 Å². The van der Waals surface area contributed by atoms with E-state index in [1.54, 1.807) is 0 Å². The maximum Gasteiger partial charge on any atom is 0.315 e. The summed E-state index contributed by atoms with van der Waals surface area (Å²) in [5, 5.41) is 26.8. The Balaban J connectivity index is 3.88. The van der Waals surface area contributed by atoms with Crippen molar-refractivity contribution in [3.63, 3.8) is 0 Å². The van der Waals surface area contributed by atoms with Crippen LogP contribution in [0.5, 0.6) is 0 Å². The van der Waals surface area contributed by atoms with Gasteiger partial charge in [0, 0.05) is 5.41 Å². The van der Waals surface area contributed by atoms with Gasteiger partial charge >= 0.3 is 5.97 Å². The van der Waals surface area contributed by atoms with Gasteiger partial charge in [0.15, 0.2) is 0 Å². The first kappa shape index (κ1) is 13.7. The molecule has 84 valence electrons. The first-order valence-electron chi connectivity index (χ1n) is 4.23. The topological polar surface area (TPSA) is 87.0 Å². The molecule has 0 spiro atoms. The summed E-state index contributed by atoms with van der Waals surface area (Å²) in [7, 11) is 0. The lowest BCUT2D eigenvalue weighted by molar-refractivity contribution is -0.142. The van der Waals surface area contributed by atoms with Gasteiger partial charge in [-0.3, -0.25) is 4.79 Å². The van der Waals surface area contributed by atoms with Gasteiger partial charge in [0.2, 0.25) is 0 Å². The Hall–Kier alpha value is -0.300. The van der Waals surface area contributed by atoms with Crippen LogP contribution < -0.4 is 0 Å². The van der Waals surface area contributed by atoms with Crippen LogP contribution in [0.1, 0.15) is 6.42 Å². The van der Waals surface area contributed by atoms with E-state index >= 15 is 0 Å². The van der Waals surface area contributed by atoms with Gasteiger partial charge in [-0.1, -0.05) is 0 Å². The minimum absolute atomic E-state index is 0.00955. The van der Waals surface area contributed by atoms with Crippen molar-refractivity contribution in [2.24, 2.45) is 5.41 Å². The second-order valence-corrected chi connectivity index (χ2v) is 3.42. The van der Waals surface area contributed by atoms with Crippen molar-refractivity contribution in [2.75, 3.05) is 32.2 Å². The first-order chi connectivity index (χ1) is 6.64. The summed E-state index contributed by atoms with van der Waals surface area (Å²) in [6.45, 7) is -0.990. The van der Waals surface area contributed by atoms with Crippen molar-refractivity contribution in [1.29, 1.82) is 0 Å². The monoisotopic (exact) mass is 224 g/mol. The van der Waals surface area contributed by atoms with Gasteiger partial charge in [0.25, 0.3) is 0 Å². The Labute approximate surface area is 88.1 Å². The first-order valence-corrected chi connectivity index (χ1v) is 4.86. The normalized spacial score (nSPS) is 11.4. The fraction of sp³-hybridized carbons (Fsp3) is 0.875. The van der Waals surface area contributed by atoms with E-state index in [-0.39, 0.29) is 38.6 Å². The summed E-state index contributed by atoms with van der Waals surface area (Å²) in [4.78, 5) is 10.7. The van der Waals surface area contributed by atoms with Gasteiger partial charge in [-0.2, -0.15) is 12.6 Å².